The van der Waals surface area contributed by atoms with E-state index in [2.05, 4.69) is 0 Å². The quantitative estimate of drug-likeness (QED) is 0.198. The van der Waals surface area contributed by atoms with Crippen molar-refractivity contribution >= 4 is 5.97 Å². The van der Waals surface area contributed by atoms with E-state index in [4.69, 9.17) is 24.8 Å². The predicted octanol–water partition coefficient (Wildman–Crippen LogP) is -5.67. The summed E-state index contributed by atoms with van der Waals surface area (Å²) in [5, 5.41) is 84.5. The van der Waals surface area contributed by atoms with Crippen molar-refractivity contribution in [1.82, 2.24) is 0 Å². The van der Waals surface area contributed by atoms with E-state index in [1.54, 1.807) is 0 Å². The van der Waals surface area contributed by atoms with Crippen molar-refractivity contribution in [1.29, 1.82) is 0 Å². The van der Waals surface area contributed by atoms with Gasteiger partial charge in [-0.2, -0.15) is 0 Å². The van der Waals surface area contributed by atoms with Gasteiger partial charge in [-0.1, -0.05) is 0 Å². The number of aliphatic carboxylic acids is 1. The first-order chi connectivity index (χ1) is 11.1. The monoisotopic (exact) mass is 358 g/mol. The Balaban J connectivity index is 2.94. The third-order valence-corrected chi connectivity index (χ3v) is 3.62. The number of hydrogen-bond acceptors (Lipinski definition) is 11. The minimum atomic E-state index is -2.39. The molecule has 1 rings (SSSR count). The van der Waals surface area contributed by atoms with E-state index in [-0.39, 0.29) is 0 Å². The van der Waals surface area contributed by atoms with Gasteiger partial charge in [-0.3, -0.25) is 0 Å². The Hall–Kier alpha value is -0.930. The molecule has 0 aromatic heterocycles. The van der Waals surface area contributed by atoms with Gasteiger partial charge in [-0.25, -0.2) is 4.79 Å². The van der Waals surface area contributed by atoms with Gasteiger partial charge >= 0.3 is 5.97 Å². The summed E-state index contributed by atoms with van der Waals surface area (Å²) >= 11 is 0. The van der Waals surface area contributed by atoms with Crippen LogP contribution in [0.2, 0.25) is 0 Å². The van der Waals surface area contributed by atoms with E-state index in [0.29, 0.717) is 0 Å². The number of aliphatic hydroxyl groups excluding tert-OH is 8. The van der Waals surface area contributed by atoms with Crippen molar-refractivity contribution in [3.05, 3.63) is 0 Å². The number of rotatable bonds is 8. The van der Waals surface area contributed by atoms with Crippen LogP contribution in [0.15, 0.2) is 0 Å². The third-order valence-electron chi connectivity index (χ3n) is 3.62. The average molecular weight is 358 g/mol. The van der Waals surface area contributed by atoms with Crippen LogP contribution in [0.4, 0.5) is 0 Å². The normalized spacial score (nSPS) is 35.9. The SMILES string of the molecule is O=C(O)C(O)C(O)C(O[C@@H]1O[C@H](CO)[C@H](O)C(O)[C@H]1O)C(O)CO. The molecule has 12 nitrogen and oxygen atoms in total. The molecular weight excluding hydrogens is 336 g/mol. The smallest absolute Gasteiger partial charge is 0.335 e. The summed E-state index contributed by atoms with van der Waals surface area (Å²) in [5.41, 5.74) is 0. The van der Waals surface area contributed by atoms with Crippen LogP contribution in [-0.2, 0) is 14.3 Å². The zero-order valence-electron chi connectivity index (χ0n) is 12.4. The second-order valence-corrected chi connectivity index (χ2v) is 5.32. The van der Waals surface area contributed by atoms with Gasteiger partial charge in [0, 0.05) is 0 Å². The molecule has 1 aliphatic rings. The first kappa shape index (κ1) is 21.1. The zero-order valence-corrected chi connectivity index (χ0v) is 12.4. The highest BCUT2D eigenvalue weighted by Gasteiger charge is 2.47. The fraction of sp³-hybridized carbons (Fsp3) is 0.917. The van der Waals surface area contributed by atoms with Crippen LogP contribution in [0, 0.1) is 0 Å². The minimum absolute atomic E-state index is 0.766. The largest absolute Gasteiger partial charge is 0.479 e. The second kappa shape index (κ2) is 8.96. The molecule has 0 bridgehead atoms. The Morgan fingerprint density at radius 1 is 1.04 bits per heavy atom. The van der Waals surface area contributed by atoms with Gasteiger partial charge in [0.2, 0.25) is 0 Å². The lowest BCUT2D eigenvalue weighted by molar-refractivity contribution is -0.326. The first-order valence-corrected chi connectivity index (χ1v) is 6.99. The number of hydrogen-bond donors (Lipinski definition) is 9. The maximum Gasteiger partial charge on any atom is 0.335 e. The molecule has 1 aliphatic heterocycles. The van der Waals surface area contributed by atoms with Gasteiger partial charge in [-0.05, 0) is 0 Å². The van der Waals surface area contributed by atoms with E-state index in [0.717, 1.165) is 0 Å². The lowest BCUT2D eigenvalue weighted by atomic mass is 9.98. The number of carboxylic acids is 1. The molecule has 5 unspecified atom stereocenters. The molecule has 1 fully saturated rings. The summed E-state index contributed by atoms with van der Waals surface area (Å²) in [7, 11) is 0. The molecule has 0 saturated carbocycles. The van der Waals surface area contributed by atoms with Gasteiger partial charge in [0.1, 0.15) is 42.7 Å². The van der Waals surface area contributed by atoms with Crippen LogP contribution < -0.4 is 0 Å². The van der Waals surface area contributed by atoms with E-state index in [9.17, 15) is 35.4 Å². The molecule has 0 aromatic carbocycles. The van der Waals surface area contributed by atoms with Crippen LogP contribution in [0.1, 0.15) is 0 Å². The molecule has 24 heavy (non-hydrogen) atoms. The predicted molar refractivity (Wildman–Crippen MR) is 71.4 cm³/mol. The van der Waals surface area contributed by atoms with Gasteiger partial charge in [0.25, 0.3) is 0 Å². The van der Waals surface area contributed by atoms with Crippen molar-refractivity contribution in [2.45, 2.75) is 55.1 Å². The Bertz CT molecular complexity index is 403. The molecule has 9 N–H and O–H groups in total. The zero-order chi connectivity index (χ0) is 18.6. The van der Waals surface area contributed by atoms with Crippen LogP contribution in [-0.4, -0.2) is 120 Å². The standard InChI is InChI=1S/C12H22O12/c13-1-3(15)10(7(18)8(19)11(21)22)24-12-9(20)6(17)5(16)4(2-14)23-12/h3-10,12-20H,1-2H2,(H,21,22)/t3?,4-,5+,6?,7?,8?,9-,10?,12+/m1/s1. The van der Waals surface area contributed by atoms with Crippen molar-refractivity contribution in [2.75, 3.05) is 13.2 Å². The second-order valence-electron chi connectivity index (χ2n) is 5.32. The van der Waals surface area contributed by atoms with Gasteiger partial charge in [-0.15, -0.1) is 0 Å². The highest BCUT2D eigenvalue weighted by atomic mass is 16.7. The Morgan fingerprint density at radius 3 is 2.08 bits per heavy atom. The molecule has 1 saturated heterocycles. The number of aliphatic hydroxyl groups is 8. The summed E-state index contributed by atoms with van der Waals surface area (Å²) in [6.07, 6.45) is -16.9. The molecule has 0 aliphatic carbocycles. The lowest BCUT2D eigenvalue weighted by Gasteiger charge is -2.42. The fourth-order valence-electron chi connectivity index (χ4n) is 2.16. The van der Waals surface area contributed by atoms with Crippen LogP contribution in [0.5, 0.6) is 0 Å². The van der Waals surface area contributed by atoms with Gasteiger partial charge < -0.3 is 55.4 Å². The Morgan fingerprint density at radius 2 is 1.62 bits per heavy atom. The summed E-state index contributed by atoms with van der Waals surface area (Å²) in [4.78, 5) is 10.7. The molecule has 1 heterocycles. The van der Waals surface area contributed by atoms with Gasteiger partial charge in [0.15, 0.2) is 12.4 Å². The number of carboxylic acid groups (broad SMARTS) is 1. The molecule has 0 amide bonds. The van der Waals surface area contributed by atoms with Crippen molar-refractivity contribution < 1.29 is 60.2 Å². The van der Waals surface area contributed by atoms with E-state index in [1.807, 2.05) is 0 Å². The van der Waals surface area contributed by atoms with Crippen LogP contribution >= 0.6 is 0 Å². The van der Waals surface area contributed by atoms with Crippen LogP contribution in [0.3, 0.4) is 0 Å². The maximum absolute atomic E-state index is 10.7. The number of ether oxygens (including phenoxy) is 2. The molecule has 142 valence electrons. The summed E-state index contributed by atoms with van der Waals surface area (Å²) < 4.78 is 9.98. The highest BCUT2D eigenvalue weighted by molar-refractivity contribution is 5.72. The minimum Gasteiger partial charge on any atom is -0.479 e. The van der Waals surface area contributed by atoms with E-state index < -0.39 is 74.3 Å². The summed E-state index contributed by atoms with van der Waals surface area (Å²) in [5.74, 6) is -1.84. The molecular formula is C12H22O12. The third kappa shape index (κ3) is 4.58. The van der Waals surface area contributed by atoms with Gasteiger partial charge in [0.05, 0.1) is 13.2 Å². The lowest BCUT2D eigenvalue weighted by Crippen LogP contribution is -2.61. The molecule has 12 heteroatoms. The van der Waals surface area contributed by atoms with Crippen molar-refractivity contribution in [2.24, 2.45) is 0 Å². The average Bonchev–Trinajstić information content (AvgIpc) is 2.57. The summed E-state index contributed by atoms with van der Waals surface area (Å²) in [6.45, 7) is -1.76. The van der Waals surface area contributed by atoms with Crippen molar-refractivity contribution in [3.63, 3.8) is 0 Å². The highest BCUT2D eigenvalue weighted by Crippen LogP contribution is 2.24. The Labute approximate surface area is 135 Å². The maximum atomic E-state index is 10.7. The topological polar surface area (TPSA) is 218 Å². The molecule has 9 atom stereocenters. The Kier molecular flexibility index (Phi) is 7.88. The van der Waals surface area contributed by atoms with Crippen molar-refractivity contribution in [3.8, 4) is 0 Å². The van der Waals surface area contributed by atoms with Crippen LogP contribution in [0.25, 0.3) is 0 Å². The summed E-state index contributed by atoms with van der Waals surface area (Å²) in [6, 6.07) is 0. The molecule has 0 aromatic rings. The number of carbonyl (C=O) groups is 1. The fourth-order valence-corrected chi connectivity index (χ4v) is 2.16. The van der Waals surface area contributed by atoms with E-state index >= 15 is 0 Å². The molecule has 0 radical (unpaired) electrons. The van der Waals surface area contributed by atoms with E-state index in [1.165, 1.54) is 0 Å². The molecule has 0 spiro atoms. The first-order valence-electron chi connectivity index (χ1n) is 6.99.